The Kier molecular flexibility index (Phi) is 4.88. The van der Waals surface area contributed by atoms with E-state index in [4.69, 9.17) is 5.73 Å². The fourth-order valence-corrected chi connectivity index (χ4v) is 4.26. The summed E-state index contributed by atoms with van der Waals surface area (Å²) in [6.45, 7) is 14.9. The van der Waals surface area contributed by atoms with E-state index in [9.17, 15) is 0 Å². The van der Waals surface area contributed by atoms with Crippen LogP contribution in [0.2, 0.25) is 0 Å². The van der Waals surface area contributed by atoms with E-state index >= 15 is 0 Å². The molecule has 0 aliphatic heterocycles. The van der Waals surface area contributed by atoms with E-state index in [-0.39, 0.29) is 5.54 Å². The normalized spacial score (nSPS) is 33.3. The monoisotopic (exact) mass is 254 g/mol. The lowest BCUT2D eigenvalue weighted by atomic mass is 9.83. The Balaban J connectivity index is 2.88. The van der Waals surface area contributed by atoms with Crippen LogP contribution in [-0.4, -0.2) is 30.1 Å². The number of likely N-dealkylation sites (N-methyl/N-ethyl adjacent to an activating group) is 1. The third-order valence-corrected chi connectivity index (χ3v) is 5.09. The molecule has 1 aliphatic carbocycles. The molecule has 0 amide bonds. The summed E-state index contributed by atoms with van der Waals surface area (Å²) >= 11 is 0. The van der Waals surface area contributed by atoms with Crippen LogP contribution >= 0.6 is 0 Å². The molecule has 0 spiro atoms. The Labute approximate surface area is 114 Å². The minimum atomic E-state index is 0.206. The van der Waals surface area contributed by atoms with E-state index in [1.165, 1.54) is 19.3 Å². The summed E-state index contributed by atoms with van der Waals surface area (Å²) in [6, 6.07) is 0.616. The first-order chi connectivity index (χ1) is 8.14. The van der Waals surface area contributed by atoms with Crippen LogP contribution in [0.5, 0.6) is 0 Å². The van der Waals surface area contributed by atoms with Crippen molar-refractivity contribution in [2.24, 2.45) is 23.0 Å². The Hall–Kier alpha value is -0.0800. The Morgan fingerprint density at radius 2 is 1.83 bits per heavy atom. The molecule has 0 bridgehead atoms. The van der Waals surface area contributed by atoms with E-state index < -0.39 is 0 Å². The first kappa shape index (κ1) is 16.0. The van der Waals surface area contributed by atoms with Crippen molar-refractivity contribution in [2.45, 2.75) is 72.4 Å². The summed E-state index contributed by atoms with van der Waals surface area (Å²) in [5.74, 6) is 1.44. The SMILES string of the molecule is CC(C)CC(C)N(C)C1(CN)CC(C)(C)CC1C. The van der Waals surface area contributed by atoms with Gasteiger partial charge in [0, 0.05) is 18.1 Å². The van der Waals surface area contributed by atoms with Crippen LogP contribution in [0.4, 0.5) is 0 Å². The van der Waals surface area contributed by atoms with E-state index in [2.05, 4.69) is 53.5 Å². The second kappa shape index (κ2) is 5.50. The van der Waals surface area contributed by atoms with Crippen LogP contribution in [0.3, 0.4) is 0 Å². The van der Waals surface area contributed by atoms with Gasteiger partial charge in [-0.1, -0.05) is 34.6 Å². The molecule has 3 atom stereocenters. The second-order valence-electron chi connectivity index (χ2n) is 7.84. The first-order valence-corrected chi connectivity index (χ1v) is 7.57. The minimum absolute atomic E-state index is 0.206. The van der Waals surface area contributed by atoms with E-state index in [1.54, 1.807) is 0 Å². The van der Waals surface area contributed by atoms with Crippen molar-refractivity contribution >= 4 is 0 Å². The van der Waals surface area contributed by atoms with Gasteiger partial charge in [0.25, 0.3) is 0 Å². The van der Waals surface area contributed by atoms with Crippen LogP contribution in [0.15, 0.2) is 0 Å². The number of rotatable bonds is 5. The molecule has 0 aromatic carbocycles. The lowest BCUT2D eigenvalue weighted by molar-refractivity contribution is 0.0433. The zero-order chi connectivity index (χ0) is 14.1. The van der Waals surface area contributed by atoms with Gasteiger partial charge in [-0.2, -0.15) is 0 Å². The molecule has 0 aromatic rings. The summed E-state index contributed by atoms with van der Waals surface area (Å²) in [6.07, 6.45) is 3.78. The van der Waals surface area contributed by atoms with Crippen molar-refractivity contribution in [3.63, 3.8) is 0 Å². The minimum Gasteiger partial charge on any atom is -0.329 e. The maximum Gasteiger partial charge on any atom is 0.0362 e. The molecule has 3 unspecified atom stereocenters. The van der Waals surface area contributed by atoms with Crippen LogP contribution in [0.25, 0.3) is 0 Å². The second-order valence-corrected chi connectivity index (χ2v) is 7.84. The molecule has 2 nitrogen and oxygen atoms in total. The summed E-state index contributed by atoms with van der Waals surface area (Å²) < 4.78 is 0. The summed E-state index contributed by atoms with van der Waals surface area (Å²) in [4.78, 5) is 2.59. The zero-order valence-electron chi connectivity index (χ0n) is 13.6. The highest BCUT2D eigenvalue weighted by molar-refractivity contribution is 5.06. The molecule has 108 valence electrons. The molecule has 2 N–H and O–H groups in total. The first-order valence-electron chi connectivity index (χ1n) is 7.57. The van der Waals surface area contributed by atoms with Gasteiger partial charge in [0.2, 0.25) is 0 Å². The molecule has 1 fully saturated rings. The van der Waals surface area contributed by atoms with Gasteiger partial charge in [-0.25, -0.2) is 0 Å². The van der Waals surface area contributed by atoms with Crippen LogP contribution in [0, 0.1) is 17.3 Å². The van der Waals surface area contributed by atoms with Gasteiger partial charge in [0.1, 0.15) is 0 Å². The fraction of sp³-hybridized carbons (Fsp3) is 1.00. The lowest BCUT2D eigenvalue weighted by Gasteiger charge is -2.46. The van der Waals surface area contributed by atoms with Gasteiger partial charge in [-0.3, -0.25) is 4.90 Å². The summed E-state index contributed by atoms with van der Waals surface area (Å²) in [5, 5.41) is 0. The third-order valence-electron chi connectivity index (χ3n) is 5.09. The van der Waals surface area contributed by atoms with Gasteiger partial charge in [-0.15, -0.1) is 0 Å². The Bertz CT molecular complexity index is 272. The van der Waals surface area contributed by atoms with E-state index in [1.807, 2.05) is 0 Å². The van der Waals surface area contributed by atoms with Crippen molar-refractivity contribution in [1.29, 1.82) is 0 Å². The highest BCUT2D eigenvalue weighted by Gasteiger charge is 2.50. The van der Waals surface area contributed by atoms with Crippen LogP contribution in [0.1, 0.15) is 60.8 Å². The smallest absolute Gasteiger partial charge is 0.0362 e. The Morgan fingerprint density at radius 1 is 1.28 bits per heavy atom. The van der Waals surface area contributed by atoms with Crippen LogP contribution < -0.4 is 5.73 Å². The largest absolute Gasteiger partial charge is 0.329 e. The van der Waals surface area contributed by atoms with Crippen molar-refractivity contribution in [2.75, 3.05) is 13.6 Å². The summed E-state index contributed by atoms with van der Waals surface area (Å²) in [7, 11) is 2.29. The molecular formula is C16H34N2. The number of nitrogens with two attached hydrogens (primary N) is 1. The molecule has 18 heavy (non-hydrogen) atoms. The molecule has 0 heterocycles. The zero-order valence-corrected chi connectivity index (χ0v) is 13.6. The predicted octanol–water partition coefficient (Wildman–Crippen LogP) is 3.51. The predicted molar refractivity (Wildman–Crippen MR) is 80.6 cm³/mol. The maximum absolute atomic E-state index is 6.21. The van der Waals surface area contributed by atoms with Gasteiger partial charge >= 0.3 is 0 Å². The Morgan fingerprint density at radius 3 is 2.17 bits per heavy atom. The third kappa shape index (κ3) is 3.08. The highest BCUT2D eigenvalue weighted by atomic mass is 15.2. The molecule has 1 saturated carbocycles. The van der Waals surface area contributed by atoms with Crippen LogP contribution in [-0.2, 0) is 0 Å². The fourth-order valence-electron chi connectivity index (χ4n) is 4.26. The number of hydrogen-bond donors (Lipinski definition) is 1. The molecule has 0 saturated heterocycles. The molecule has 1 aliphatic rings. The van der Waals surface area contributed by atoms with Crippen molar-refractivity contribution in [3.8, 4) is 0 Å². The van der Waals surface area contributed by atoms with Crippen molar-refractivity contribution < 1.29 is 0 Å². The van der Waals surface area contributed by atoms with Crippen molar-refractivity contribution in [1.82, 2.24) is 4.90 Å². The molecular weight excluding hydrogens is 220 g/mol. The highest BCUT2D eigenvalue weighted by Crippen LogP contribution is 2.50. The number of nitrogens with zero attached hydrogens (tertiary/aromatic N) is 1. The van der Waals surface area contributed by atoms with Gasteiger partial charge in [0.15, 0.2) is 0 Å². The van der Waals surface area contributed by atoms with Gasteiger partial charge in [0.05, 0.1) is 0 Å². The standard InChI is InChI=1S/C16H34N2/c1-12(2)8-14(4)18(7)16(11-17)10-15(5,6)9-13(16)3/h12-14H,8-11,17H2,1-7H3. The average Bonchev–Trinajstić information content (AvgIpc) is 2.46. The molecule has 0 radical (unpaired) electrons. The van der Waals surface area contributed by atoms with Gasteiger partial charge < -0.3 is 5.73 Å². The lowest BCUT2D eigenvalue weighted by Crippen LogP contribution is -2.57. The maximum atomic E-state index is 6.21. The van der Waals surface area contributed by atoms with Crippen molar-refractivity contribution in [3.05, 3.63) is 0 Å². The molecule has 2 heteroatoms. The summed E-state index contributed by atoms with van der Waals surface area (Å²) in [5.41, 5.74) is 6.85. The quantitative estimate of drug-likeness (QED) is 0.813. The molecule has 1 rings (SSSR count). The van der Waals surface area contributed by atoms with E-state index in [0.717, 1.165) is 12.5 Å². The average molecular weight is 254 g/mol. The topological polar surface area (TPSA) is 29.3 Å². The molecule has 0 aromatic heterocycles. The van der Waals surface area contributed by atoms with Gasteiger partial charge in [-0.05, 0) is 50.5 Å². The number of hydrogen-bond acceptors (Lipinski definition) is 2. The van der Waals surface area contributed by atoms with E-state index in [0.29, 0.717) is 17.4 Å².